The first-order chi connectivity index (χ1) is 24.2. The molecule has 51 heavy (non-hydrogen) atoms. The quantitative estimate of drug-likeness (QED) is 0.168. The number of likely N-dealkylation sites (N-methyl/N-ethyl adjacent to an activating group) is 1. The van der Waals surface area contributed by atoms with Crippen LogP contribution in [0.1, 0.15) is 72.3 Å². The third-order valence-corrected chi connectivity index (χ3v) is 10.8. The summed E-state index contributed by atoms with van der Waals surface area (Å²) in [6, 6.07) is 6.39. The van der Waals surface area contributed by atoms with Gasteiger partial charge < -0.3 is 40.3 Å². The Morgan fingerprint density at radius 3 is 2.25 bits per heavy atom. The summed E-state index contributed by atoms with van der Waals surface area (Å²) in [6.07, 6.45) is 1.61. The molecule has 0 aromatic heterocycles. The van der Waals surface area contributed by atoms with E-state index in [0.29, 0.717) is 25.9 Å². The van der Waals surface area contributed by atoms with Crippen LogP contribution in [0, 0.1) is 23.7 Å². The molecule has 2 aliphatic heterocycles. The van der Waals surface area contributed by atoms with Gasteiger partial charge in [-0.2, -0.15) is 0 Å². The molecule has 0 saturated carbocycles. The highest BCUT2D eigenvalue weighted by molar-refractivity contribution is 5.89. The van der Waals surface area contributed by atoms with E-state index >= 15 is 0 Å². The smallest absolute Gasteiger partial charge is 0.326 e. The first kappa shape index (κ1) is 41.9. The minimum atomic E-state index is -1.14. The van der Waals surface area contributed by atoms with Crippen molar-refractivity contribution in [2.45, 2.75) is 110 Å². The van der Waals surface area contributed by atoms with Crippen LogP contribution in [0.2, 0.25) is 0 Å². The third-order valence-electron chi connectivity index (χ3n) is 10.8. The van der Waals surface area contributed by atoms with Crippen LogP contribution in [0.5, 0.6) is 0 Å². The van der Waals surface area contributed by atoms with E-state index in [0.717, 1.165) is 24.9 Å². The molecule has 2 saturated heterocycles. The fourth-order valence-corrected chi connectivity index (χ4v) is 7.54. The van der Waals surface area contributed by atoms with Gasteiger partial charge in [0.15, 0.2) is 0 Å². The second-order valence-corrected chi connectivity index (χ2v) is 14.6. The number of hydrogen-bond donors (Lipinski definition) is 4. The third kappa shape index (κ3) is 11.0. The number of benzene rings is 1. The lowest BCUT2D eigenvalue weighted by Crippen LogP contribution is -2.58. The lowest BCUT2D eigenvalue weighted by Gasteiger charge is -2.41. The van der Waals surface area contributed by atoms with E-state index < -0.39 is 54.2 Å². The molecule has 1 aromatic carbocycles. The Balaban J connectivity index is 1.74. The van der Waals surface area contributed by atoms with Gasteiger partial charge in [0.25, 0.3) is 0 Å². The van der Waals surface area contributed by atoms with Crippen molar-refractivity contribution in [1.29, 1.82) is 0 Å². The van der Waals surface area contributed by atoms with Gasteiger partial charge in [-0.3, -0.25) is 19.2 Å². The Bertz CT molecular complexity index is 1310. The number of likely N-dealkylation sites (tertiary alicyclic amines) is 1. The fourth-order valence-electron chi connectivity index (χ4n) is 7.54. The molecule has 0 aliphatic carbocycles. The van der Waals surface area contributed by atoms with Crippen LogP contribution in [0.25, 0.3) is 0 Å². The van der Waals surface area contributed by atoms with Gasteiger partial charge >= 0.3 is 5.97 Å². The number of carbonyl (C=O) groups is 5. The Labute approximate surface area is 303 Å². The van der Waals surface area contributed by atoms with Gasteiger partial charge in [0.05, 0.1) is 42.5 Å². The van der Waals surface area contributed by atoms with Crippen molar-refractivity contribution >= 4 is 29.6 Å². The number of carbonyl (C=O) groups excluding carboxylic acids is 4. The van der Waals surface area contributed by atoms with E-state index in [1.165, 1.54) is 7.11 Å². The van der Waals surface area contributed by atoms with Crippen molar-refractivity contribution in [1.82, 2.24) is 25.8 Å². The van der Waals surface area contributed by atoms with E-state index in [-0.39, 0.29) is 48.3 Å². The highest BCUT2D eigenvalue weighted by Crippen LogP contribution is 2.30. The van der Waals surface area contributed by atoms with Gasteiger partial charge in [-0.15, -0.1) is 0 Å². The van der Waals surface area contributed by atoms with E-state index in [1.807, 2.05) is 58.0 Å². The van der Waals surface area contributed by atoms with E-state index in [2.05, 4.69) is 16.0 Å². The first-order valence-electron chi connectivity index (χ1n) is 18.4. The van der Waals surface area contributed by atoms with Crippen LogP contribution < -0.4 is 16.0 Å². The number of carboxylic acids is 1. The van der Waals surface area contributed by atoms with Crippen LogP contribution in [-0.4, -0.2) is 122 Å². The summed E-state index contributed by atoms with van der Waals surface area (Å²) in [5, 5.41) is 18.7. The lowest BCUT2D eigenvalue weighted by atomic mass is 9.89. The van der Waals surface area contributed by atoms with Crippen LogP contribution in [0.15, 0.2) is 30.3 Å². The summed E-state index contributed by atoms with van der Waals surface area (Å²) in [4.78, 5) is 70.1. The van der Waals surface area contributed by atoms with Gasteiger partial charge in [0, 0.05) is 40.8 Å². The molecule has 2 heterocycles. The number of nitrogens with one attached hydrogen (secondary N) is 3. The summed E-state index contributed by atoms with van der Waals surface area (Å²) < 4.78 is 11.8. The second kappa shape index (κ2) is 19.9. The van der Waals surface area contributed by atoms with Crippen LogP contribution in [-0.2, 0) is 39.9 Å². The maximum absolute atomic E-state index is 14.1. The number of aliphatic carboxylic acids is 1. The maximum Gasteiger partial charge on any atom is 0.326 e. The summed E-state index contributed by atoms with van der Waals surface area (Å²) >= 11 is 0. The topological polar surface area (TPSA) is 167 Å². The predicted octanol–water partition coefficient (Wildman–Crippen LogP) is 2.47. The summed E-state index contributed by atoms with van der Waals surface area (Å²) in [7, 11) is 4.76. The molecule has 9 atom stereocenters. The largest absolute Gasteiger partial charge is 0.480 e. The SMILES string of the molecule is CC[C@H](C)[C@@H]([C@@H](CC(=O)N1CCC[C@H]1[C@H](OC)[C@@H](C)C(=O)N[C@@H](Cc1ccccc1)C(=O)O)OC)N(C)C(=O)[C@@H](NC(=O)[C@@H]1CCNC1)C(C)C. The van der Waals surface area contributed by atoms with Gasteiger partial charge in [-0.25, -0.2) is 4.79 Å². The summed E-state index contributed by atoms with van der Waals surface area (Å²) in [5.41, 5.74) is 0.788. The zero-order valence-corrected chi connectivity index (χ0v) is 31.7. The monoisotopic (exact) mass is 715 g/mol. The molecular formula is C38H61N5O8. The molecule has 3 rings (SSSR count). The molecule has 2 fully saturated rings. The molecule has 4 amide bonds. The van der Waals surface area contributed by atoms with Gasteiger partial charge in [0.1, 0.15) is 12.1 Å². The lowest BCUT2D eigenvalue weighted by molar-refractivity contribution is -0.148. The Hall–Kier alpha value is -3.55. The van der Waals surface area contributed by atoms with Crippen LogP contribution in [0.3, 0.4) is 0 Å². The molecule has 0 spiro atoms. The molecule has 4 N–H and O–H groups in total. The number of carboxylic acid groups (broad SMARTS) is 1. The highest BCUT2D eigenvalue weighted by Gasteiger charge is 2.43. The number of hydrogen-bond acceptors (Lipinski definition) is 8. The molecule has 0 bridgehead atoms. The number of amides is 4. The zero-order chi connectivity index (χ0) is 37.8. The average Bonchev–Trinajstić information content (AvgIpc) is 3.83. The number of ether oxygens (including phenoxy) is 2. The van der Waals surface area contributed by atoms with Crippen LogP contribution >= 0.6 is 0 Å². The average molecular weight is 716 g/mol. The van der Waals surface area contributed by atoms with Crippen molar-refractivity contribution in [2.75, 3.05) is 40.9 Å². The predicted molar refractivity (Wildman–Crippen MR) is 194 cm³/mol. The molecule has 0 unspecified atom stereocenters. The van der Waals surface area contributed by atoms with Crippen molar-refractivity contribution in [3.63, 3.8) is 0 Å². The molecule has 13 heteroatoms. The molecule has 2 aliphatic rings. The Morgan fingerprint density at radius 1 is 1.02 bits per heavy atom. The first-order valence-corrected chi connectivity index (χ1v) is 18.4. The van der Waals surface area contributed by atoms with Crippen molar-refractivity contribution in [3.8, 4) is 0 Å². The van der Waals surface area contributed by atoms with Crippen molar-refractivity contribution in [3.05, 3.63) is 35.9 Å². The van der Waals surface area contributed by atoms with E-state index in [9.17, 15) is 29.1 Å². The molecular weight excluding hydrogens is 654 g/mol. The van der Waals surface area contributed by atoms with Crippen LogP contribution in [0.4, 0.5) is 0 Å². The fraction of sp³-hybridized carbons (Fsp3) is 0.711. The Kier molecular flexibility index (Phi) is 16.3. The normalized spacial score (nSPS) is 21.6. The second-order valence-electron chi connectivity index (χ2n) is 14.6. The van der Waals surface area contributed by atoms with E-state index in [1.54, 1.807) is 30.9 Å². The molecule has 13 nitrogen and oxygen atoms in total. The minimum Gasteiger partial charge on any atom is -0.480 e. The highest BCUT2D eigenvalue weighted by atomic mass is 16.5. The van der Waals surface area contributed by atoms with Gasteiger partial charge in [-0.05, 0) is 43.2 Å². The van der Waals surface area contributed by atoms with Crippen molar-refractivity contribution in [2.24, 2.45) is 23.7 Å². The summed E-state index contributed by atoms with van der Waals surface area (Å²) in [6.45, 7) is 11.4. The van der Waals surface area contributed by atoms with Crippen molar-refractivity contribution < 1.29 is 38.6 Å². The van der Waals surface area contributed by atoms with Gasteiger partial charge in [-0.1, -0.05) is 71.4 Å². The zero-order valence-electron chi connectivity index (χ0n) is 31.7. The molecule has 0 radical (unpaired) electrons. The Morgan fingerprint density at radius 2 is 1.71 bits per heavy atom. The molecule has 286 valence electrons. The van der Waals surface area contributed by atoms with E-state index in [4.69, 9.17) is 9.47 Å². The minimum absolute atomic E-state index is 0.00124. The number of methoxy groups -OCH3 is 2. The number of rotatable bonds is 19. The summed E-state index contributed by atoms with van der Waals surface area (Å²) in [5.74, 6) is -3.24. The van der Waals surface area contributed by atoms with Gasteiger partial charge in [0.2, 0.25) is 23.6 Å². The molecule has 1 aromatic rings. The number of nitrogens with zero attached hydrogens (tertiary/aromatic N) is 2. The standard InChI is InChI=1S/C38H61N5O8/c1-9-24(4)33(42(6)37(47)32(23(2)3)41-36(46)27-17-18-39-22-27)30(50-7)21-31(44)43-19-13-16-29(43)34(51-8)25(5)35(45)40-28(38(48)49)20-26-14-11-10-12-15-26/h10-12,14-15,23-25,27-30,32-34,39H,9,13,16-22H2,1-8H3,(H,40,45)(H,41,46)(H,48,49)/t24-,25+,27+,28-,29-,30+,32-,33-,34+/m0/s1. The maximum atomic E-state index is 14.1.